The van der Waals surface area contributed by atoms with Crippen molar-refractivity contribution < 1.29 is 9.50 Å². The number of para-hydroxylation sites is 1. The third-order valence-corrected chi connectivity index (χ3v) is 4.10. The standard InChI is InChI=1S/C17H13FN2O2/c1-17(22)9-10-6-7-11(18)8-13(10)15-19-14-5-3-2-4-12(14)16(21)20(15)17/h2-8,22H,9H2,1H3. The third kappa shape index (κ3) is 1.72. The molecule has 2 heterocycles. The van der Waals surface area contributed by atoms with Crippen molar-refractivity contribution in [2.75, 3.05) is 0 Å². The largest absolute Gasteiger partial charge is 0.370 e. The first-order chi connectivity index (χ1) is 10.5. The van der Waals surface area contributed by atoms with E-state index in [0.717, 1.165) is 5.56 Å². The van der Waals surface area contributed by atoms with Crippen molar-refractivity contribution in [3.05, 3.63) is 64.2 Å². The molecule has 4 rings (SSSR count). The zero-order chi connectivity index (χ0) is 15.5. The monoisotopic (exact) mass is 296 g/mol. The first-order valence-electron chi connectivity index (χ1n) is 7.01. The predicted octanol–water partition coefficient (Wildman–Crippen LogP) is 2.42. The Kier molecular flexibility index (Phi) is 2.53. The summed E-state index contributed by atoms with van der Waals surface area (Å²) in [7, 11) is 0. The molecule has 0 amide bonds. The summed E-state index contributed by atoms with van der Waals surface area (Å²) in [5.74, 6) is -0.0938. The van der Waals surface area contributed by atoms with Crippen LogP contribution in [-0.4, -0.2) is 14.7 Å². The number of aromatic nitrogens is 2. The molecule has 1 unspecified atom stereocenters. The fourth-order valence-electron chi connectivity index (χ4n) is 3.11. The van der Waals surface area contributed by atoms with E-state index in [-0.39, 0.29) is 12.0 Å². The lowest BCUT2D eigenvalue weighted by Crippen LogP contribution is -2.44. The Balaban J connectivity index is 2.19. The van der Waals surface area contributed by atoms with Gasteiger partial charge in [-0.05, 0) is 36.8 Å². The van der Waals surface area contributed by atoms with Gasteiger partial charge in [0.2, 0.25) is 0 Å². The van der Waals surface area contributed by atoms with E-state index in [4.69, 9.17) is 0 Å². The molecule has 3 aromatic rings. The van der Waals surface area contributed by atoms with Crippen LogP contribution in [0.2, 0.25) is 0 Å². The van der Waals surface area contributed by atoms with Gasteiger partial charge in [-0.3, -0.25) is 9.36 Å². The molecule has 1 atom stereocenters. The second kappa shape index (κ2) is 4.24. The predicted molar refractivity (Wildman–Crippen MR) is 81.0 cm³/mol. The average molecular weight is 296 g/mol. The first-order valence-corrected chi connectivity index (χ1v) is 7.01. The first kappa shape index (κ1) is 13.2. The van der Waals surface area contributed by atoms with Crippen LogP contribution in [0.25, 0.3) is 22.3 Å². The van der Waals surface area contributed by atoms with Crippen LogP contribution in [0.1, 0.15) is 12.5 Å². The highest BCUT2D eigenvalue weighted by molar-refractivity contribution is 5.80. The van der Waals surface area contributed by atoms with E-state index in [2.05, 4.69) is 4.98 Å². The van der Waals surface area contributed by atoms with Crippen molar-refractivity contribution in [2.45, 2.75) is 19.1 Å². The van der Waals surface area contributed by atoms with Crippen LogP contribution >= 0.6 is 0 Å². The summed E-state index contributed by atoms with van der Waals surface area (Å²) in [5.41, 5.74) is 0.143. The molecule has 0 radical (unpaired) electrons. The van der Waals surface area contributed by atoms with Gasteiger partial charge in [-0.1, -0.05) is 18.2 Å². The zero-order valence-electron chi connectivity index (χ0n) is 11.9. The summed E-state index contributed by atoms with van der Waals surface area (Å²) in [4.78, 5) is 17.2. The summed E-state index contributed by atoms with van der Waals surface area (Å²) in [6.45, 7) is 1.57. The molecule has 0 bridgehead atoms. The Labute approximate surface area is 125 Å². The van der Waals surface area contributed by atoms with Crippen LogP contribution in [0.15, 0.2) is 47.3 Å². The Morgan fingerprint density at radius 3 is 2.86 bits per heavy atom. The van der Waals surface area contributed by atoms with Crippen LogP contribution in [0.3, 0.4) is 0 Å². The van der Waals surface area contributed by atoms with E-state index < -0.39 is 11.5 Å². The summed E-state index contributed by atoms with van der Waals surface area (Å²) >= 11 is 0. The van der Waals surface area contributed by atoms with Gasteiger partial charge < -0.3 is 5.11 Å². The quantitative estimate of drug-likeness (QED) is 0.693. The van der Waals surface area contributed by atoms with Crippen molar-refractivity contribution in [3.8, 4) is 11.4 Å². The minimum Gasteiger partial charge on any atom is -0.370 e. The number of rotatable bonds is 0. The lowest BCUT2D eigenvalue weighted by Gasteiger charge is -2.34. The lowest BCUT2D eigenvalue weighted by atomic mass is 9.93. The second-order valence-corrected chi connectivity index (χ2v) is 5.79. The van der Waals surface area contributed by atoms with Gasteiger partial charge in [0.25, 0.3) is 5.56 Å². The molecule has 1 N–H and O–H groups in total. The van der Waals surface area contributed by atoms with Gasteiger partial charge in [0, 0.05) is 12.0 Å². The highest BCUT2D eigenvalue weighted by Gasteiger charge is 2.35. The number of fused-ring (bicyclic) bond motifs is 4. The van der Waals surface area contributed by atoms with E-state index in [9.17, 15) is 14.3 Å². The van der Waals surface area contributed by atoms with Crippen LogP contribution in [0.5, 0.6) is 0 Å². The Morgan fingerprint density at radius 1 is 1.27 bits per heavy atom. The zero-order valence-corrected chi connectivity index (χ0v) is 11.9. The number of benzene rings is 2. The number of halogens is 1. The molecule has 2 aromatic carbocycles. The number of nitrogens with zero attached hydrogens (tertiary/aromatic N) is 2. The fourth-order valence-corrected chi connectivity index (χ4v) is 3.11. The molecule has 22 heavy (non-hydrogen) atoms. The van der Waals surface area contributed by atoms with Crippen LogP contribution in [0.4, 0.5) is 4.39 Å². The molecule has 110 valence electrons. The Bertz CT molecular complexity index is 976. The molecule has 0 saturated heterocycles. The highest BCUT2D eigenvalue weighted by Crippen LogP contribution is 2.35. The van der Waals surface area contributed by atoms with Gasteiger partial charge in [-0.25, -0.2) is 9.37 Å². The summed E-state index contributed by atoms with van der Waals surface area (Å²) in [6, 6.07) is 11.3. The summed E-state index contributed by atoms with van der Waals surface area (Å²) in [5, 5.41) is 11.1. The maximum Gasteiger partial charge on any atom is 0.264 e. The highest BCUT2D eigenvalue weighted by atomic mass is 19.1. The van der Waals surface area contributed by atoms with E-state index in [0.29, 0.717) is 22.3 Å². The van der Waals surface area contributed by atoms with E-state index in [1.165, 1.54) is 16.7 Å². The lowest BCUT2D eigenvalue weighted by molar-refractivity contribution is -0.0225. The van der Waals surface area contributed by atoms with Crippen LogP contribution in [0, 0.1) is 5.82 Å². The minimum atomic E-state index is -1.39. The average Bonchev–Trinajstić information content (AvgIpc) is 2.48. The molecule has 5 heteroatoms. The van der Waals surface area contributed by atoms with Crippen molar-refractivity contribution in [2.24, 2.45) is 0 Å². The van der Waals surface area contributed by atoms with Crippen molar-refractivity contribution >= 4 is 10.9 Å². The SMILES string of the molecule is CC1(O)Cc2ccc(F)cc2-c2nc3ccccc3c(=O)n21. The maximum atomic E-state index is 13.6. The van der Waals surface area contributed by atoms with Gasteiger partial charge in [0.05, 0.1) is 10.9 Å². The van der Waals surface area contributed by atoms with Crippen molar-refractivity contribution in [3.63, 3.8) is 0 Å². The molecule has 0 saturated carbocycles. The number of hydrogen-bond acceptors (Lipinski definition) is 3. The second-order valence-electron chi connectivity index (χ2n) is 5.79. The van der Waals surface area contributed by atoms with Gasteiger partial charge >= 0.3 is 0 Å². The maximum absolute atomic E-state index is 13.6. The van der Waals surface area contributed by atoms with Gasteiger partial charge in [0.15, 0.2) is 0 Å². The molecule has 0 fully saturated rings. The summed E-state index contributed by atoms with van der Waals surface area (Å²) in [6.07, 6.45) is 0.232. The minimum absolute atomic E-state index is 0.232. The number of aliphatic hydroxyl groups is 1. The molecule has 0 spiro atoms. The van der Waals surface area contributed by atoms with Gasteiger partial charge in [-0.2, -0.15) is 0 Å². The van der Waals surface area contributed by atoms with E-state index in [1.54, 1.807) is 37.3 Å². The topological polar surface area (TPSA) is 55.1 Å². The van der Waals surface area contributed by atoms with Gasteiger partial charge in [0.1, 0.15) is 17.4 Å². The van der Waals surface area contributed by atoms with Crippen molar-refractivity contribution in [1.29, 1.82) is 0 Å². The molecule has 0 aliphatic carbocycles. The number of hydrogen-bond donors (Lipinski definition) is 1. The molecular formula is C17H13FN2O2. The summed E-state index contributed by atoms with van der Waals surface area (Å²) < 4.78 is 14.9. The molecule has 4 nitrogen and oxygen atoms in total. The van der Waals surface area contributed by atoms with Crippen LogP contribution in [-0.2, 0) is 12.1 Å². The molecule has 1 aromatic heterocycles. The normalized spacial score (nSPS) is 19.8. The smallest absolute Gasteiger partial charge is 0.264 e. The molecule has 1 aliphatic heterocycles. The van der Waals surface area contributed by atoms with Gasteiger partial charge in [-0.15, -0.1) is 0 Å². The third-order valence-electron chi connectivity index (χ3n) is 4.10. The Morgan fingerprint density at radius 2 is 2.05 bits per heavy atom. The molecular weight excluding hydrogens is 283 g/mol. The van der Waals surface area contributed by atoms with Crippen LogP contribution < -0.4 is 5.56 Å². The van der Waals surface area contributed by atoms with Crippen molar-refractivity contribution in [1.82, 2.24) is 9.55 Å². The molecule has 1 aliphatic rings. The van der Waals surface area contributed by atoms with E-state index >= 15 is 0 Å². The van der Waals surface area contributed by atoms with E-state index in [1.807, 2.05) is 0 Å². The Hall–Kier alpha value is -2.53. The fraction of sp³-hybridized carbons (Fsp3) is 0.176.